The van der Waals surface area contributed by atoms with Gasteiger partial charge in [0.15, 0.2) is 0 Å². The van der Waals surface area contributed by atoms with Gasteiger partial charge in [0.2, 0.25) is 0 Å². The Bertz CT molecular complexity index is 924. The lowest BCUT2D eigenvalue weighted by Gasteiger charge is -2.29. The fourth-order valence-corrected chi connectivity index (χ4v) is 3.57. The predicted octanol–water partition coefficient (Wildman–Crippen LogP) is 0.683. The number of pyridine rings is 2. The summed E-state index contributed by atoms with van der Waals surface area (Å²) in [6, 6.07) is 6.23. The number of hydrogen-bond donors (Lipinski definition) is 3. The first-order chi connectivity index (χ1) is 13.5. The smallest absolute Gasteiger partial charge is 0.308 e. The highest BCUT2D eigenvalue weighted by Gasteiger charge is 2.32. The van der Waals surface area contributed by atoms with E-state index in [2.05, 4.69) is 11.1 Å². The molecule has 0 radical (unpaired) electrons. The minimum Gasteiger partial charge on any atom is -0.492 e. The maximum absolute atomic E-state index is 12.8. The largest absolute Gasteiger partial charge is 0.492 e. The number of aliphatic carboxylic acids is 1. The summed E-state index contributed by atoms with van der Waals surface area (Å²) in [6.07, 6.45) is 5.20. The zero-order valence-corrected chi connectivity index (χ0v) is 15.7. The Kier molecular flexibility index (Phi) is 6.30. The first-order valence-electron chi connectivity index (χ1n) is 9.62. The molecule has 1 fully saturated rings. The van der Waals surface area contributed by atoms with E-state index in [4.69, 9.17) is 4.74 Å². The Hall–Kier alpha value is -2.87. The summed E-state index contributed by atoms with van der Waals surface area (Å²) in [5, 5.41) is 12.1. The first-order valence-corrected chi connectivity index (χ1v) is 9.62. The van der Waals surface area contributed by atoms with Crippen LogP contribution in [0, 0.1) is 5.92 Å². The number of nitrogens with one attached hydrogen (secondary N) is 1. The molecule has 1 unspecified atom stereocenters. The number of hydrogen-bond acceptors (Lipinski definition) is 4. The van der Waals surface area contributed by atoms with Crippen molar-refractivity contribution in [3.8, 4) is 5.75 Å². The van der Waals surface area contributed by atoms with Crippen LogP contribution < -0.4 is 21.3 Å². The van der Waals surface area contributed by atoms with Crippen molar-refractivity contribution in [2.24, 2.45) is 5.92 Å². The van der Waals surface area contributed by atoms with Gasteiger partial charge in [-0.1, -0.05) is 12.8 Å². The van der Waals surface area contributed by atoms with Gasteiger partial charge in [-0.05, 0) is 37.1 Å². The molecule has 5 N–H and O–H groups in total. The zero-order chi connectivity index (χ0) is 20.1. The number of carbonyl (C=O) groups excluding carboxylic acids is 1. The van der Waals surface area contributed by atoms with E-state index in [1.165, 1.54) is 10.5 Å². The van der Waals surface area contributed by atoms with Crippen molar-refractivity contribution in [3.63, 3.8) is 0 Å². The third kappa shape index (κ3) is 4.33. The molecule has 1 amide bonds. The molecule has 0 bridgehead atoms. The molecule has 2 aromatic rings. The van der Waals surface area contributed by atoms with Crippen LogP contribution in [0.25, 0.3) is 5.52 Å². The fourth-order valence-electron chi connectivity index (χ4n) is 3.57. The van der Waals surface area contributed by atoms with E-state index >= 15 is 0 Å². The third-order valence-corrected chi connectivity index (χ3v) is 5.13. The van der Waals surface area contributed by atoms with Gasteiger partial charge in [-0.25, -0.2) is 0 Å². The molecule has 28 heavy (non-hydrogen) atoms. The summed E-state index contributed by atoms with van der Waals surface area (Å²) in [5.41, 5.74) is 3.94. The van der Waals surface area contributed by atoms with Crippen molar-refractivity contribution in [3.05, 3.63) is 46.4 Å². The van der Waals surface area contributed by atoms with Gasteiger partial charge in [0.25, 0.3) is 11.5 Å². The minimum absolute atomic E-state index is 0.0119. The summed E-state index contributed by atoms with van der Waals surface area (Å²) >= 11 is 0. The van der Waals surface area contributed by atoms with Crippen LogP contribution >= 0.6 is 0 Å². The number of ether oxygens (including phenoxy) is 1. The van der Waals surface area contributed by atoms with Gasteiger partial charge in [0, 0.05) is 18.0 Å². The second-order valence-corrected chi connectivity index (χ2v) is 7.08. The molecule has 0 aliphatic heterocycles. The van der Waals surface area contributed by atoms with Crippen LogP contribution in [0.1, 0.15) is 42.5 Å². The quantitative estimate of drug-likeness (QED) is 0.602. The monoisotopic (exact) mass is 388 g/mol. The number of carbonyl (C=O) groups is 2. The van der Waals surface area contributed by atoms with Crippen LogP contribution in [0.4, 0.5) is 0 Å². The van der Waals surface area contributed by atoms with Gasteiger partial charge in [-0.3, -0.25) is 18.8 Å². The fraction of sp³-hybridized carbons (Fsp3) is 0.450. The highest BCUT2D eigenvalue weighted by Crippen LogP contribution is 2.25. The number of amides is 1. The maximum atomic E-state index is 12.8. The summed E-state index contributed by atoms with van der Waals surface area (Å²) in [7, 11) is 0. The highest BCUT2D eigenvalue weighted by molar-refractivity contribution is 5.94. The van der Waals surface area contributed by atoms with E-state index in [0.29, 0.717) is 30.7 Å². The molecule has 1 aliphatic carbocycles. The number of rotatable bonds is 7. The Morgan fingerprint density at radius 2 is 1.96 bits per heavy atom. The second-order valence-electron chi connectivity index (χ2n) is 7.08. The molecule has 2 heterocycles. The number of fused-ring (bicyclic) bond motifs is 1. The van der Waals surface area contributed by atoms with E-state index in [1.54, 1.807) is 24.4 Å². The number of nitrogens with zero attached hydrogens (tertiary/aromatic N) is 1. The molecular formula is C20H26N3O5+. The average molecular weight is 388 g/mol. The molecule has 2 atom stereocenters. The van der Waals surface area contributed by atoms with Crippen LogP contribution in [0.3, 0.4) is 0 Å². The summed E-state index contributed by atoms with van der Waals surface area (Å²) in [6.45, 7) is 1.26. The average Bonchev–Trinajstić information content (AvgIpc) is 2.69. The second kappa shape index (κ2) is 8.88. The summed E-state index contributed by atoms with van der Waals surface area (Å²) < 4.78 is 6.99. The van der Waals surface area contributed by atoms with Gasteiger partial charge in [-0.15, -0.1) is 0 Å². The molecule has 8 heteroatoms. The van der Waals surface area contributed by atoms with Crippen LogP contribution in [0.2, 0.25) is 0 Å². The SMILES string of the molecule is [NH3+]CCCOc1ccc2ccc(C(=O)NC3CCCC[C@@H]3C(=O)O)c(=O)n2c1. The summed E-state index contributed by atoms with van der Waals surface area (Å²) in [5.74, 6) is -1.53. The molecule has 0 spiro atoms. The van der Waals surface area contributed by atoms with E-state index in [1.807, 2.05) is 0 Å². The number of carboxylic acids is 1. The van der Waals surface area contributed by atoms with E-state index in [-0.39, 0.29) is 5.56 Å². The highest BCUT2D eigenvalue weighted by atomic mass is 16.5. The number of carboxylic acid groups (broad SMARTS) is 1. The number of quaternary nitrogens is 1. The van der Waals surface area contributed by atoms with Gasteiger partial charge in [0.1, 0.15) is 11.3 Å². The van der Waals surface area contributed by atoms with Crippen molar-refractivity contribution >= 4 is 17.4 Å². The lowest BCUT2D eigenvalue weighted by atomic mass is 9.84. The molecule has 8 nitrogen and oxygen atoms in total. The van der Waals surface area contributed by atoms with Crippen LogP contribution in [0.5, 0.6) is 5.75 Å². The van der Waals surface area contributed by atoms with Crippen LogP contribution in [-0.2, 0) is 4.79 Å². The maximum Gasteiger partial charge on any atom is 0.308 e. The zero-order valence-electron chi connectivity index (χ0n) is 15.7. The lowest BCUT2D eigenvalue weighted by Crippen LogP contribution is -2.50. The van der Waals surface area contributed by atoms with Crippen molar-refractivity contribution in [2.75, 3.05) is 13.2 Å². The minimum atomic E-state index is -0.913. The normalized spacial score (nSPS) is 19.3. The molecule has 1 aliphatic rings. The van der Waals surface area contributed by atoms with Crippen molar-refractivity contribution in [1.29, 1.82) is 0 Å². The van der Waals surface area contributed by atoms with Gasteiger partial charge >= 0.3 is 5.97 Å². The van der Waals surface area contributed by atoms with E-state index in [0.717, 1.165) is 25.8 Å². The van der Waals surface area contributed by atoms with Crippen LogP contribution in [0.15, 0.2) is 35.3 Å². The van der Waals surface area contributed by atoms with Crippen molar-refractivity contribution < 1.29 is 25.2 Å². The standard InChI is InChI=1S/C20H25N3O5/c21-10-3-11-28-14-8-6-13-7-9-16(19(25)23(13)12-14)18(24)22-17-5-2-1-4-15(17)20(26)27/h6-9,12,15,17H,1-5,10-11,21H2,(H,22,24)(H,26,27)/p+1/t15-,17?/m0/s1. The molecule has 0 saturated heterocycles. The molecule has 0 aromatic carbocycles. The first kappa shape index (κ1) is 19.9. The van der Waals surface area contributed by atoms with Crippen molar-refractivity contribution in [1.82, 2.24) is 9.72 Å². The molecule has 2 aromatic heterocycles. The molecule has 150 valence electrons. The third-order valence-electron chi connectivity index (χ3n) is 5.13. The summed E-state index contributed by atoms with van der Waals surface area (Å²) in [4.78, 5) is 37.0. The van der Waals surface area contributed by atoms with E-state index < -0.39 is 29.4 Å². The molecular weight excluding hydrogens is 362 g/mol. The topological polar surface area (TPSA) is 125 Å². The Morgan fingerprint density at radius 1 is 1.21 bits per heavy atom. The van der Waals surface area contributed by atoms with E-state index in [9.17, 15) is 19.5 Å². The van der Waals surface area contributed by atoms with Gasteiger partial charge < -0.3 is 20.9 Å². The number of aromatic nitrogens is 1. The van der Waals surface area contributed by atoms with Gasteiger partial charge in [0.05, 0.1) is 25.3 Å². The molecule has 3 rings (SSSR count). The molecule has 1 saturated carbocycles. The Morgan fingerprint density at radius 3 is 2.71 bits per heavy atom. The predicted molar refractivity (Wildman–Crippen MR) is 102 cm³/mol. The lowest BCUT2D eigenvalue weighted by molar-refractivity contribution is -0.368. The van der Waals surface area contributed by atoms with Crippen LogP contribution in [-0.4, -0.2) is 40.6 Å². The Balaban J connectivity index is 1.83. The van der Waals surface area contributed by atoms with Crippen molar-refractivity contribution in [2.45, 2.75) is 38.1 Å². The Labute approximate surface area is 162 Å². The van der Waals surface area contributed by atoms with Gasteiger partial charge in [-0.2, -0.15) is 0 Å².